The molecule has 2 heterocycles. The van der Waals surface area contributed by atoms with Crippen molar-refractivity contribution in [2.45, 2.75) is 25.4 Å². The first-order valence-electron chi connectivity index (χ1n) is 7.05. The lowest BCUT2D eigenvalue weighted by atomic mass is 9.94. The van der Waals surface area contributed by atoms with Gasteiger partial charge in [-0.25, -0.2) is 0 Å². The minimum Gasteiger partial charge on any atom is -0.465 e. The summed E-state index contributed by atoms with van der Waals surface area (Å²) < 4.78 is 16.6. The molecule has 2 aliphatic heterocycles. The monoisotopic (exact) mass is 366 g/mol. The summed E-state index contributed by atoms with van der Waals surface area (Å²) in [5, 5.41) is 12.6. The number of nitrogens with one attached hydrogen (secondary N) is 1. The van der Waals surface area contributed by atoms with Crippen LogP contribution in [0.5, 0.6) is 11.5 Å². The van der Waals surface area contributed by atoms with Crippen molar-refractivity contribution in [2.75, 3.05) is 13.4 Å². The van der Waals surface area contributed by atoms with Gasteiger partial charge in [-0.3, -0.25) is 10.1 Å². The van der Waals surface area contributed by atoms with Gasteiger partial charge >= 0.3 is 5.97 Å². The second kappa shape index (κ2) is 6.15. The molecule has 3 unspecified atom stereocenters. The Morgan fingerprint density at radius 1 is 1.50 bits per heavy atom. The van der Waals surface area contributed by atoms with Crippen LogP contribution in [0, 0.1) is 17.2 Å². The van der Waals surface area contributed by atoms with Gasteiger partial charge in [0, 0.05) is 4.47 Å². The predicted octanol–water partition coefficient (Wildman–Crippen LogP) is 2.28. The number of hydrogen-bond acceptors (Lipinski definition) is 6. The molecule has 116 valence electrons. The SMILES string of the molecule is CCOC(=O)C1CC(C#N)C(c2cc3c(cc2Br)OCO3)N1. The first-order valence-corrected chi connectivity index (χ1v) is 7.84. The van der Waals surface area contributed by atoms with Crippen LogP contribution < -0.4 is 14.8 Å². The van der Waals surface area contributed by atoms with E-state index in [0.29, 0.717) is 24.5 Å². The number of fused-ring (bicyclic) bond motifs is 1. The van der Waals surface area contributed by atoms with Gasteiger partial charge in [0.05, 0.1) is 24.6 Å². The Labute approximate surface area is 136 Å². The van der Waals surface area contributed by atoms with Crippen molar-refractivity contribution in [3.8, 4) is 17.6 Å². The van der Waals surface area contributed by atoms with Crippen molar-refractivity contribution in [3.63, 3.8) is 0 Å². The van der Waals surface area contributed by atoms with Gasteiger partial charge in [0.2, 0.25) is 6.79 Å². The van der Waals surface area contributed by atoms with Crippen LogP contribution in [0.15, 0.2) is 16.6 Å². The smallest absolute Gasteiger partial charge is 0.323 e. The second-order valence-corrected chi connectivity index (χ2v) is 6.00. The molecule has 0 radical (unpaired) electrons. The van der Waals surface area contributed by atoms with Gasteiger partial charge in [-0.2, -0.15) is 5.26 Å². The number of halogens is 1. The standard InChI is InChI=1S/C15H15BrN2O4/c1-2-20-15(19)11-3-8(6-17)14(18-11)9-4-12-13(5-10(9)16)22-7-21-12/h4-5,8,11,14,18H,2-3,7H2,1H3. The van der Waals surface area contributed by atoms with E-state index in [1.807, 2.05) is 12.1 Å². The number of ether oxygens (including phenoxy) is 3. The quantitative estimate of drug-likeness (QED) is 0.826. The number of hydrogen-bond donors (Lipinski definition) is 1. The lowest BCUT2D eigenvalue weighted by Crippen LogP contribution is -2.33. The fourth-order valence-electron chi connectivity index (χ4n) is 2.80. The first-order chi connectivity index (χ1) is 10.6. The fourth-order valence-corrected chi connectivity index (χ4v) is 3.37. The maximum Gasteiger partial charge on any atom is 0.323 e. The van der Waals surface area contributed by atoms with E-state index in [0.717, 1.165) is 10.0 Å². The minimum atomic E-state index is -0.466. The number of esters is 1. The normalized spacial score (nSPS) is 25.8. The molecule has 2 aliphatic rings. The maximum atomic E-state index is 11.9. The Morgan fingerprint density at radius 3 is 2.91 bits per heavy atom. The predicted molar refractivity (Wildman–Crippen MR) is 80.3 cm³/mol. The van der Waals surface area contributed by atoms with Crippen LogP contribution >= 0.6 is 15.9 Å². The molecule has 1 fully saturated rings. The first kappa shape index (κ1) is 15.1. The highest BCUT2D eigenvalue weighted by Gasteiger charge is 2.40. The molecule has 1 saturated heterocycles. The van der Waals surface area contributed by atoms with Crippen LogP contribution in [0.4, 0.5) is 0 Å². The van der Waals surface area contributed by atoms with Crippen molar-refractivity contribution in [3.05, 3.63) is 22.2 Å². The van der Waals surface area contributed by atoms with Crippen LogP contribution in [0.3, 0.4) is 0 Å². The third-order valence-electron chi connectivity index (χ3n) is 3.84. The summed E-state index contributed by atoms with van der Waals surface area (Å²) >= 11 is 3.50. The van der Waals surface area contributed by atoms with Crippen molar-refractivity contribution < 1.29 is 19.0 Å². The summed E-state index contributed by atoms with van der Waals surface area (Å²) in [5.41, 5.74) is 0.877. The Kier molecular flexibility index (Phi) is 4.23. The highest BCUT2D eigenvalue weighted by Crippen LogP contribution is 2.43. The van der Waals surface area contributed by atoms with Gasteiger partial charge in [0.1, 0.15) is 6.04 Å². The number of nitriles is 1. The number of carbonyl (C=O) groups excluding carboxylic acids is 1. The lowest BCUT2D eigenvalue weighted by molar-refractivity contribution is -0.145. The van der Waals surface area contributed by atoms with E-state index < -0.39 is 6.04 Å². The Morgan fingerprint density at radius 2 is 2.23 bits per heavy atom. The summed E-state index contributed by atoms with van der Waals surface area (Å²) in [6.07, 6.45) is 0.431. The summed E-state index contributed by atoms with van der Waals surface area (Å²) in [7, 11) is 0. The van der Waals surface area contributed by atoms with E-state index in [-0.39, 0.29) is 24.7 Å². The average molecular weight is 367 g/mol. The molecule has 22 heavy (non-hydrogen) atoms. The third-order valence-corrected chi connectivity index (χ3v) is 4.52. The van der Waals surface area contributed by atoms with Gasteiger partial charge in [-0.1, -0.05) is 15.9 Å². The fraction of sp³-hybridized carbons (Fsp3) is 0.467. The van der Waals surface area contributed by atoms with Crippen LogP contribution in [-0.2, 0) is 9.53 Å². The zero-order valence-electron chi connectivity index (χ0n) is 12.0. The zero-order chi connectivity index (χ0) is 15.7. The van der Waals surface area contributed by atoms with Crippen LogP contribution in [0.2, 0.25) is 0 Å². The van der Waals surface area contributed by atoms with Gasteiger partial charge in [-0.05, 0) is 31.0 Å². The van der Waals surface area contributed by atoms with Crippen molar-refractivity contribution in [1.82, 2.24) is 5.32 Å². The summed E-state index contributed by atoms with van der Waals surface area (Å²) in [6.45, 7) is 2.28. The molecular formula is C15H15BrN2O4. The average Bonchev–Trinajstić information content (AvgIpc) is 3.12. The summed E-state index contributed by atoms with van der Waals surface area (Å²) in [4.78, 5) is 11.9. The van der Waals surface area contributed by atoms with Crippen molar-refractivity contribution >= 4 is 21.9 Å². The van der Waals surface area contributed by atoms with E-state index in [2.05, 4.69) is 27.3 Å². The lowest BCUT2D eigenvalue weighted by Gasteiger charge is -2.17. The molecule has 6 nitrogen and oxygen atoms in total. The van der Waals surface area contributed by atoms with Crippen molar-refractivity contribution in [2.24, 2.45) is 5.92 Å². The van der Waals surface area contributed by atoms with Gasteiger partial charge in [0.15, 0.2) is 11.5 Å². The van der Waals surface area contributed by atoms with Crippen LogP contribution in [-0.4, -0.2) is 25.4 Å². The molecule has 0 amide bonds. The molecule has 3 atom stereocenters. The van der Waals surface area contributed by atoms with Gasteiger partial charge < -0.3 is 14.2 Å². The molecule has 0 saturated carbocycles. The molecule has 3 rings (SSSR count). The van der Waals surface area contributed by atoms with Gasteiger partial charge in [-0.15, -0.1) is 0 Å². The number of rotatable bonds is 3. The van der Waals surface area contributed by atoms with E-state index in [1.165, 1.54) is 0 Å². The van der Waals surface area contributed by atoms with E-state index >= 15 is 0 Å². The Balaban J connectivity index is 1.88. The minimum absolute atomic E-state index is 0.191. The summed E-state index contributed by atoms with van der Waals surface area (Å²) in [6, 6.07) is 5.22. The van der Waals surface area contributed by atoms with Crippen LogP contribution in [0.25, 0.3) is 0 Å². The number of carbonyl (C=O) groups is 1. The molecule has 0 spiro atoms. The highest BCUT2D eigenvalue weighted by molar-refractivity contribution is 9.10. The highest BCUT2D eigenvalue weighted by atomic mass is 79.9. The topological polar surface area (TPSA) is 80.6 Å². The zero-order valence-corrected chi connectivity index (χ0v) is 13.6. The molecule has 0 bridgehead atoms. The maximum absolute atomic E-state index is 11.9. The molecule has 1 aromatic carbocycles. The molecule has 0 aromatic heterocycles. The van der Waals surface area contributed by atoms with Crippen molar-refractivity contribution in [1.29, 1.82) is 5.26 Å². The third kappa shape index (κ3) is 2.64. The van der Waals surface area contributed by atoms with E-state index in [1.54, 1.807) is 6.92 Å². The number of nitrogens with zero attached hydrogens (tertiary/aromatic N) is 1. The van der Waals surface area contributed by atoms with Gasteiger partial charge in [0.25, 0.3) is 0 Å². The second-order valence-electron chi connectivity index (χ2n) is 5.15. The molecule has 1 aromatic rings. The molecular weight excluding hydrogens is 352 g/mol. The molecule has 7 heteroatoms. The Bertz CT molecular complexity index is 643. The van der Waals surface area contributed by atoms with E-state index in [9.17, 15) is 10.1 Å². The van der Waals surface area contributed by atoms with Crippen LogP contribution in [0.1, 0.15) is 24.9 Å². The summed E-state index contributed by atoms with van der Waals surface area (Å²) in [5.74, 6) is 0.688. The number of benzene rings is 1. The molecule has 1 N–H and O–H groups in total. The Hall–Kier alpha value is -1.78. The molecule has 0 aliphatic carbocycles. The van der Waals surface area contributed by atoms with E-state index in [4.69, 9.17) is 14.2 Å². The largest absolute Gasteiger partial charge is 0.465 e.